The van der Waals surface area contributed by atoms with Crippen LogP contribution in [0, 0.1) is 5.82 Å². The second-order valence-electron chi connectivity index (χ2n) is 4.23. The van der Waals surface area contributed by atoms with Crippen molar-refractivity contribution in [2.24, 2.45) is 0 Å². The van der Waals surface area contributed by atoms with Crippen molar-refractivity contribution in [2.75, 3.05) is 6.26 Å². The van der Waals surface area contributed by atoms with Crippen molar-refractivity contribution in [3.8, 4) is 0 Å². The van der Waals surface area contributed by atoms with Crippen LogP contribution < -0.4 is 0 Å². The van der Waals surface area contributed by atoms with E-state index in [0.717, 1.165) is 16.0 Å². The summed E-state index contributed by atoms with van der Waals surface area (Å²) in [7, 11) is 0. The Morgan fingerprint density at radius 3 is 2.47 bits per heavy atom. The summed E-state index contributed by atoms with van der Waals surface area (Å²) in [5.41, 5.74) is 1.57. The van der Waals surface area contributed by atoms with Crippen molar-refractivity contribution in [1.29, 1.82) is 0 Å². The van der Waals surface area contributed by atoms with Crippen molar-refractivity contribution in [2.45, 2.75) is 17.4 Å². The van der Waals surface area contributed by atoms with Gasteiger partial charge >= 0.3 is 0 Å². The van der Waals surface area contributed by atoms with Crippen molar-refractivity contribution in [3.05, 3.63) is 64.4 Å². The minimum atomic E-state index is -0.640. The number of benzene rings is 2. The first-order valence-corrected chi connectivity index (χ1v) is 7.46. The Morgan fingerprint density at radius 1 is 1.21 bits per heavy atom. The lowest BCUT2D eigenvalue weighted by atomic mass is 10.0. The fourth-order valence-electron chi connectivity index (χ4n) is 1.84. The largest absolute Gasteiger partial charge is 0.388 e. The van der Waals surface area contributed by atoms with E-state index >= 15 is 0 Å². The highest BCUT2D eigenvalue weighted by Gasteiger charge is 2.11. The molecule has 0 aliphatic heterocycles. The highest BCUT2D eigenvalue weighted by molar-refractivity contribution is 7.98. The third-order valence-corrected chi connectivity index (χ3v) is 4.02. The van der Waals surface area contributed by atoms with Crippen LogP contribution in [0.2, 0.25) is 5.02 Å². The van der Waals surface area contributed by atoms with E-state index in [-0.39, 0.29) is 5.82 Å². The molecule has 0 spiro atoms. The molecule has 1 N–H and O–H groups in total. The lowest BCUT2D eigenvalue weighted by molar-refractivity contribution is 0.178. The fraction of sp³-hybridized carbons (Fsp3) is 0.200. The van der Waals surface area contributed by atoms with E-state index in [4.69, 9.17) is 11.6 Å². The average molecular weight is 297 g/mol. The maximum absolute atomic E-state index is 12.9. The Bertz CT molecular complexity index is 557. The molecule has 100 valence electrons. The maximum Gasteiger partial charge on any atom is 0.124 e. The number of rotatable bonds is 4. The van der Waals surface area contributed by atoms with Gasteiger partial charge in [0.25, 0.3) is 0 Å². The van der Waals surface area contributed by atoms with E-state index < -0.39 is 6.10 Å². The minimum Gasteiger partial charge on any atom is -0.388 e. The monoisotopic (exact) mass is 296 g/mol. The molecule has 0 aliphatic carbocycles. The zero-order chi connectivity index (χ0) is 13.8. The summed E-state index contributed by atoms with van der Waals surface area (Å²) in [5.74, 6) is -0.368. The number of halogens is 2. The smallest absolute Gasteiger partial charge is 0.124 e. The molecule has 0 fully saturated rings. The first-order valence-electron chi connectivity index (χ1n) is 5.86. The summed E-state index contributed by atoms with van der Waals surface area (Å²) in [6.07, 6.45) is 1.74. The molecule has 0 saturated carbocycles. The van der Waals surface area contributed by atoms with Crippen LogP contribution in [0.5, 0.6) is 0 Å². The van der Waals surface area contributed by atoms with Gasteiger partial charge in [-0.25, -0.2) is 4.39 Å². The second kappa shape index (κ2) is 6.42. The molecular formula is C15H14ClFOS. The molecule has 1 atom stereocenters. The molecule has 0 radical (unpaired) electrons. The molecule has 1 nitrogen and oxygen atoms in total. The van der Waals surface area contributed by atoms with E-state index in [1.165, 1.54) is 12.1 Å². The van der Waals surface area contributed by atoms with Crippen LogP contribution in [0.3, 0.4) is 0 Å². The Balaban J connectivity index is 2.13. The summed E-state index contributed by atoms with van der Waals surface area (Å²) >= 11 is 7.61. The highest BCUT2D eigenvalue weighted by atomic mass is 35.5. The van der Waals surface area contributed by atoms with Crippen LogP contribution >= 0.6 is 23.4 Å². The van der Waals surface area contributed by atoms with Gasteiger partial charge in [0, 0.05) is 16.3 Å². The lowest BCUT2D eigenvalue weighted by Crippen LogP contribution is -2.02. The van der Waals surface area contributed by atoms with Crippen LogP contribution in [0.25, 0.3) is 0 Å². The Hall–Kier alpha value is -1.03. The van der Waals surface area contributed by atoms with Gasteiger partial charge in [0.2, 0.25) is 0 Å². The first kappa shape index (κ1) is 14.4. The van der Waals surface area contributed by atoms with Gasteiger partial charge in [-0.2, -0.15) is 0 Å². The van der Waals surface area contributed by atoms with Crippen molar-refractivity contribution < 1.29 is 9.50 Å². The fourth-order valence-corrected chi connectivity index (χ4v) is 2.49. The Morgan fingerprint density at radius 2 is 1.89 bits per heavy atom. The molecule has 0 heterocycles. The zero-order valence-electron chi connectivity index (χ0n) is 10.4. The van der Waals surface area contributed by atoms with Crippen LogP contribution in [-0.2, 0) is 6.42 Å². The average Bonchev–Trinajstić information content (AvgIpc) is 2.42. The topological polar surface area (TPSA) is 20.2 Å². The van der Waals surface area contributed by atoms with Gasteiger partial charge < -0.3 is 5.11 Å². The SMILES string of the molecule is CSc1ccc(C(O)Cc2ccc(F)cc2Cl)cc1. The quantitative estimate of drug-likeness (QED) is 0.840. The first-order chi connectivity index (χ1) is 9.10. The molecule has 0 aliphatic rings. The maximum atomic E-state index is 12.9. The molecular weight excluding hydrogens is 283 g/mol. The summed E-state index contributed by atoms with van der Waals surface area (Å²) in [6.45, 7) is 0. The lowest BCUT2D eigenvalue weighted by Gasteiger charge is -2.12. The summed E-state index contributed by atoms with van der Waals surface area (Å²) in [6, 6.07) is 12.0. The third kappa shape index (κ3) is 3.72. The van der Waals surface area contributed by atoms with Gasteiger partial charge in [-0.05, 0) is 41.6 Å². The number of aliphatic hydroxyl groups excluding tert-OH is 1. The Kier molecular flexibility index (Phi) is 4.86. The highest BCUT2D eigenvalue weighted by Crippen LogP contribution is 2.25. The molecule has 0 saturated heterocycles. The van der Waals surface area contributed by atoms with Crippen LogP contribution in [0.1, 0.15) is 17.2 Å². The molecule has 0 bridgehead atoms. The second-order valence-corrected chi connectivity index (χ2v) is 5.52. The predicted molar refractivity (Wildman–Crippen MR) is 78.3 cm³/mol. The van der Waals surface area contributed by atoms with Gasteiger partial charge in [0.1, 0.15) is 5.82 Å². The molecule has 2 aromatic rings. The molecule has 1 unspecified atom stereocenters. The molecule has 0 amide bonds. The van der Waals surface area contributed by atoms with Gasteiger partial charge in [-0.3, -0.25) is 0 Å². The van der Waals surface area contributed by atoms with Crippen LogP contribution in [0.4, 0.5) is 4.39 Å². The van der Waals surface area contributed by atoms with Crippen molar-refractivity contribution in [1.82, 2.24) is 0 Å². The van der Waals surface area contributed by atoms with E-state index in [1.807, 2.05) is 30.5 Å². The summed E-state index contributed by atoms with van der Waals surface area (Å²) in [4.78, 5) is 1.15. The normalized spacial score (nSPS) is 12.4. The third-order valence-electron chi connectivity index (χ3n) is 2.93. The molecule has 0 aromatic heterocycles. The van der Waals surface area contributed by atoms with Gasteiger partial charge in [-0.15, -0.1) is 11.8 Å². The van der Waals surface area contributed by atoms with Crippen molar-refractivity contribution in [3.63, 3.8) is 0 Å². The molecule has 4 heteroatoms. The zero-order valence-corrected chi connectivity index (χ0v) is 12.0. The number of aliphatic hydroxyl groups is 1. The standard InChI is InChI=1S/C15H14ClFOS/c1-19-13-6-3-10(4-7-13)15(18)8-11-2-5-12(17)9-14(11)16/h2-7,9,15,18H,8H2,1H3. The van der Waals surface area contributed by atoms with Gasteiger partial charge in [-0.1, -0.05) is 29.8 Å². The van der Waals surface area contributed by atoms with Gasteiger partial charge in [0.15, 0.2) is 0 Å². The number of hydrogen-bond donors (Lipinski definition) is 1. The molecule has 19 heavy (non-hydrogen) atoms. The number of hydrogen-bond acceptors (Lipinski definition) is 2. The number of thioether (sulfide) groups is 1. The molecule has 2 rings (SSSR count). The predicted octanol–water partition coefficient (Wildman–Crippen LogP) is 4.48. The Labute approximate surface area is 121 Å². The van der Waals surface area contributed by atoms with E-state index in [1.54, 1.807) is 17.8 Å². The summed E-state index contributed by atoms with van der Waals surface area (Å²) < 4.78 is 12.9. The minimum absolute atomic E-state index is 0.347. The van der Waals surface area contributed by atoms with Crippen molar-refractivity contribution >= 4 is 23.4 Å². The van der Waals surface area contributed by atoms with E-state index in [2.05, 4.69) is 0 Å². The summed E-state index contributed by atoms with van der Waals surface area (Å²) in [5, 5.41) is 10.5. The van der Waals surface area contributed by atoms with E-state index in [9.17, 15) is 9.50 Å². The van der Waals surface area contributed by atoms with E-state index in [0.29, 0.717) is 11.4 Å². The van der Waals surface area contributed by atoms with Gasteiger partial charge in [0.05, 0.1) is 6.10 Å². The molecule has 2 aromatic carbocycles. The van der Waals surface area contributed by atoms with Crippen LogP contribution in [0.15, 0.2) is 47.4 Å². The van der Waals surface area contributed by atoms with Crippen LogP contribution in [-0.4, -0.2) is 11.4 Å².